The molecule has 0 bridgehead atoms. The molecule has 0 spiro atoms. The molecule has 0 fully saturated rings. The molecule has 18 heavy (non-hydrogen) atoms. The van der Waals surface area contributed by atoms with Gasteiger partial charge in [0.25, 0.3) is 0 Å². The van der Waals surface area contributed by atoms with Crippen molar-refractivity contribution in [3.8, 4) is 11.4 Å². The summed E-state index contributed by atoms with van der Waals surface area (Å²) in [7, 11) is 0. The SMILES string of the molecule is Cc1nnc2n1-c1c(O)ccc(F)c1NC2(C)C. The first-order valence-electron chi connectivity index (χ1n) is 5.64. The van der Waals surface area contributed by atoms with Crippen LogP contribution in [-0.4, -0.2) is 19.9 Å². The van der Waals surface area contributed by atoms with Gasteiger partial charge in [-0.05, 0) is 32.9 Å². The van der Waals surface area contributed by atoms with Crippen molar-refractivity contribution < 1.29 is 9.50 Å². The molecule has 0 atom stereocenters. The number of benzene rings is 1. The van der Waals surface area contributed by atoms with Crippen LogP contribution < -0.4 is 5.32 Å². The highest BCUT2D eigenvalue weighted by atomic mass is 19.1. The third kappa shape index (κ3) is 1.25. The molecule has 2 heterocycles. The van der Waals surface area contributed by atoms with Crippen LogP contribution in [0.2, 0.25) is 0 Å². The largest absolute Gasteiger partial charge is 0.506 e. The summed E-state index contributed by atoms with van der Waals surface area (Å²) < 4.78 is 15.6. The number of halogens is 1. The number of aromatic hydroxyl groups is 1. The van der Waals surface area contributed by atoms with E-state index in [0.717, 1.165) is 0 Å². The minimum atomic E-state index is -0.553. The van der Waals surface area contributed by atoms with Gasteiger partial charge < -0.3 is 10.4 Å². The lowest BCUT2D eigenvalue weighted by molar-refractivity contribution is 0.458. The van der Waals surface area contributed by atoms with Gasteiger partial charge in [0.05, 0.1) is 11.2 Å². The Morgan fingerprint density at radius 2 is 2.06 bits per heavy atom. The highest BCUT2D eigenvalue weighted by molar-refractivity contribution is 5.72. The topological polar surface area (TPSA) is 63.0 Å². The van der Waals surface area contributed by atoms with Crippen molar-refractivity contribution in [2.45, 2.75) is 26.3 Å². The second kappa shape index (κ2) is 3.22. The maximum absolute atomic E-state index is 13.9. The molecule has 0 saturated heterocycles. The lowest BCUT2D eigenvalue weighted by atomic mass is 9.99. The monoisotopic (exact) mass is 248 g/mol. The molecule has 5 nitrogen and oxygen atoms in total. The van der Waals surface area contributed by atoms with Crippen LogP contribution in [0, 0.1) is 12.7 Å². The van der Waals surface area contributed by atoms with Crippen molar-refractivity contribution in [2.75, 3.05) is 5.32 Å². The third-order valence-electron chi connectivity index (χ3n) is 3.15. The van der Waals surface area contributed by atoms with Crippen LogP contribution in [0.1, 0.15) is 25.5 Å². The first kappa shape index (κ1) is 11.0. The van der Waals surface area contributed by atoms with Crippen molar-refractivity contribution in [3.63, 3.8) is 0 Å². The van der Waals surface area contributed by atoms with E-state index in [9.17, 15) is 9.50 Å². The molecule has 1 aromatic heterocycles. The predicted octanol–water partition coefficient (Wildman–Crippen LogP) is 2.08. The van der Waals surface area contributed by atoms with Crippen LogP contribution in [0.5, 0.6) is 5.75 Å². The Kier molecular flexibility index (Phi) is 1.97. The van der Waals surface area contributed by atoms with E-state index in [1.54, 1.807) is 11.5 Å². The van der Waals surface area contributed by atoms with Crippen LogP contribution in [0.4, 0.5) is 10.1 Å². The zero-order valence-electron chi connectivity index (χ0n) is 10.3. The van der Waals surface area contributed by atoms with Gasteiger partial charge in [-0.3, -0.25) is 4.57 Å². The van der Waals surface area contributed by atoms with Crippen LogP contribution in [0.15, 0.2) is 12.1 Å². The molecular weight excluding hydrogens is 235 g/mol. The molecule has 1 aromatic carbocycles. The van der Waals surface area contributed by atoms with E-state index in [4.69, 9.17) is 0 Å². The molecule has 2 N–H and O–H groups in total. The average Bonchev–Trinajstić information content (AvgIpc) is 2.67. The number of hydrogen-bond donors (Lipinski definition) is 2. The normalized spacial score (nSPS) is 15.8. The summed E-state index contributed by atoms with van der Waals surface area (Å²) >= 11 is 0. The molecule has 0 radical (unpaired) electrons. The summed E-state index contributed by atoms with van der Waals surface area (Å²) in [5, 5.41) is 21.1. The quantitative estimate of drug-likeness (QED) is 0.749. The van der Waals surface area contributed by atoms with Gasteiger partial charge >= 0.3 is 0 Å². The highest BCUT2D eigenvalue weighted by Gasteiger charge is 2.36. The molecule has 0 aliphatic carbocycles. The Morgan fingerprint density at radius 1 is 1.33 bits per heavy atom. The first-order chi connectivity index (χ1) is 8.42. The van der Waals surface area contributed by atoms with E-state index in [-0.39, 0.29) is 11.4 Å². The Hall–Kier alpha value is -2.11. The van der Waals surface area contributed by atoms with E-state index in [1.165, 1.54) is 12.1 Å². The standard InChI is InChI=1S/C12H13FN4O/c1-6-15-16-11-12(2,3)14-9-7(13)4-5-8(18)10(9)17(6)11/h4-5,14,18H,1-3H3. The Bertz CT molecular complexity index is 648. The van der Waals surface area contributed by atoms with Crippen molar-refractivity contribution in [1.82, 2.24) is 14.8 Å². The first-order valence-corrected chi connectivity index (χ1v) is 5.64. The van der Waals surface area contributed by atoms with E-state index in [2.05, 4.69) is 15.5 Å². The maximum Gasteiger partial charge on any atom is 0.162 e. The van der Waals surface area contributed by atoms with E-state index in [0.29, 0.717) is 17.3 Å². The minimum absolute atomic E-state index is 0.00134. The fourth-order valence-electron chi connectivity index (χ4n) is 2.30. The number of aryl methyl sites for hydroxylation is 1. The number of nitrogens with zero attached hydrogens (tertiary/aromatic N) is 3. The summed E-state index contributed by atoms with van der Waals surface area (Å²) in [4.78, 5) is 0. The van der Waals surface area contributed by atoms with Crippen LogP contribution in [-0.2, 0) is 5.54 Å². The number of aromatic nitrogens is 3. The second-order valence-corrected chi connectivity index (χ2v) is 4.95. The molecule has 0 saturated carbocycles. The van der Waals surface area contributed by atoms with Gasteiger partial charge in [0, 0.05) is 0 Å². The predicted molar refractivity (Wildman–Crippen MR) is 64.4 cm³/mol. The second-order valence-electron chi connectivity index (χ2n) is 4.95. The fourth-order valence-corrected chi connectivity index (χ4v) is 2.30. The Labute approximate surface area is 103 Å². The molecule has 6 heteroatoms. The van der Waals surface area contributed by atoms with Gasteiger partial charge in [-0.2, -0.15) is 0 Å². The van der Waals surface area contributed by atoms with Gasteiger partial charge in [-0.15, -0.1) is 10.2 Å². The van der Waals surface area contributed by atoms with Crippen molar-refractivity contribution in [1.29, 1.82) is 0 Å². The summed E-state index contributed by atoms with van der Waals surface area (Å²) in [6.07, 6.45) is 0. The zero-order chi connectivity index (χ0) is 13.1. The molecular formula is C12H13FN4O. The van der Waals surface area contributed by atoms with E-state index < -0.39 is 11.4 Å². The van der Waals surface area contributed by atoms with Gasteiger partial charge in [0.1, 0.15) is 23.1 Å². The van der Waals surface area contributed by atoms with Gasteiger partial charge in [-0.1, -0.05) is 0 Å². The maximum atomic E-state index is 13.9. The molecule has 0 amide bonds. The highest BCUT2D eigenvalue weighted by Crippen LogP contribution is 2.42. The lowest BCUT2D eigenvalue weighted by Crippen LogP contribution is -2.36. The lowest BCUT2D eigenvalue weighted by Gasteiger charge is -2.34. The Morgan fingerprint density at radius 3 is 2.78 bits per heavy atom. The van der Waals surface area contributed by atoms with Gasteiger partial charge in [0.15, 0.2) is 5.82 Å². The van der Waals surface area contributed by atoms with Gasteiger partial charge in [0.2, 0.25) is 0 Å². The van der Waals surface area contributed by atoms with Crippen molar-refractivity contribution in [2.24, 2.45) is 0 Å². The number of anilines is 1. The minimum Gasteiger partial charge on any atom is -0.506 e. The molecule has 0 unspecified atom stereocenters. The zero-order valence-corrected chi connectivity index (χ0v) is 10.3. The van der Waals surface area contributed by atoms with Crippen molar-refractivity contribution >= 4 is 5.69 Å². The van der Waals surface area contributed by atoms with Crippen LogP contribution in [0.3, 0.4) is 0 Å². The summed E-state index contributed by atoms with van der Waals surface area (Å²) in [5.41, 5.74) is 0.0883. The number of hydrogen-bond acceptors (Lipinski definition) is 4. The number of phenols is 1. The number of fused-ring (bicyclic) bond motifs is 3. The number of phenolic OH excluding ortho intramolecular Hbond substituents is 1. The van der Waals surface area contributed by atoms with E-state index in [1.807, 2.05) is 13.8 Å². The molecule has 1 aliphatic rings. The smallest absolute Gasteiger partial charge is 0.162 e. The number of rotatable bonds is 0. The molecule has 2 aromatic rings. The summed E-state index contributed by atoms with van der Waals surface area (Å²) in [6, 6.07) is 2.57. The number of nitrogens with one attached hydrogen (secondary N) is 1. The van der Waals surface area contributed by atoms with Crippen LogP contribution in [0.25, 0.3) is 5.69 Å². The fraction of sp³-hybridized carbons (Fsp3) is 0.333. The Balaban J connectivity index is 2.43. The summed E-state index contributed by atoms with van der Waals surface area (Å²) in [5.74, 6) is 0.850. The van der Waals surface area contributed by atoms with E-state index >= 15 is 0 Å². The van der Waals surface area contributed by atoms with Crippen LogP contribution >= 0.6 is 0 Å². The third-order valence-corrected chi connectivity index (χ3v) is 3.15. The average molecular weight is 248 g/mol. The molecule has 3 rings (SSSR count). The summed E-state index contributed by atoms with van der Waals surface area (Å²) in [6.45, 7) is 5.55. The van der Waals surface area contributed by atoms with Crippen molar-refractivity contribution in [3.05, 3.63) is 29.6 Å². The molecule has 1 aliphatic heterocycles. The molecule has 94 valence electrons. The van der Waals surface area contributed by atoms with Gasteiger partial charge in [-0.25, -0.2) is 4.39 Å².